The summed E-state index contributed by atoms with van der Waals surface area (Å²) in [7, 11) is 0. The molecule has 2 N–H and O–H groups in total. The van der Waals surface area contributed by atoms with Gasteiger partial charge >= 0.3 is 12.1 Å². The van der Waals surface area contributed by atoms with E-state index < -0.39 is 59.4 Å². The van der Waals surface area contributed by atoms with Crippen molar-refractivity contribution in [2.24, 2.45) is 5.41 Å². The minimum atomic E-state index is -4.95. The van der Waals surface area contributed by atoms with E-state index in [1.807, 2.05) is 13.8 Å². The lowest BCUT2D eigenvalue weighted by Crippen LogP contribution is -2.45. The van der Waals surface area contributed by atoms with Gasteiger partial charge in [0, 0.05) is 59.5 Å². The van der Waals surface area contributed by atoms with Crippen LogP contribution >= 0.6 is 0 Å². The Kier molecular flexibility index (Phi) is 9.82. The summed E-state index contributed by atoms with van der Waals surface area (Å²) in [5, 5.41) is 22.5. The fourth-order valence-electron chi connectivity index (χ4n) is 10.7. The first-order chi connectivity index (χ1) is 32.5. The minimum Gasteiger partial charge on any atom is -0.452 e. The van der Waals surface area contributed by atoms with Crippen molar-refractivity contribution in [3.63, 3.8) is 0 Å². The molecule has 7 aromatic rings. The SMILES string of the molecule is CCO[C@@]1(C(F)(F)F)C[C@@H](C(=O)Nc2cnc(-n3nccn3)c(C)c2)c2cnc3cc(CCC(C)(C)C4OC(=O)c5cc(NC(=O)C6CC7(CCC7)c7c6cnc6cc(F)nn76)cnc54)nn3c21. The Labute approximate surface area is 383 Å². The molecule has 0 aromatic carbocycles. The molecule has 18 nitrogen and oxygen atoms in total. The second-order valence-electron chi connectivity index (χ2n) is 18.8. The third kappa shape index (κ3) is 6.73. The molecule has 68 heavy (non-hydrogen) atoms. The molecule has 11 rings (SSSR count). The number of alkyl halides is 3. The highest BCUT2D eigenvalue weighted by molar-refractivity contribution is 5.99. The Bertz CT molecular complexity index is 3220. The van der Waals surface area contributed by atoms with Crippen molar-refractivity contribution >= 4 is 40.5 Å². The number of carbonyl (C=O) groups excluding carboxylic acids is 3. The summed E-state index contributed by atoms with van der Waals surface area (Å²) < 4.78 is 74.6. The van der Waals surface area contributed by atoms with Crippen LogP contribution in [0.1, 0.15) is 127 Å². The summed E-state index contributed by atoms with van der Waals surface area (Å²) in [5.74, 6) is -3.75. The second kappa shape index (κ2) is 15.4. The van der Waals surface area contributed by atoms with E-state index in [0.717, 1.165) is 29.5 Å². The molecule has 0 saturated heterocycles. The summed E-state index contributed by atoms with van der Waals surface area (Å²) >= 11 is 0. The first kappa shape index (κ1) is 43.3. The lowest BCUT2D eigenvalue weighted by Gasteiger charge is -2.39. The van der Waals surface area contributed by atoms with Crippen LogP contribution in [0, 0.1) is 18.3 Å². The molecule has 350 valence electrons. The number of hydrogen-bond donors (Lipinski definition) is 2. The molecule has 4 aliphatic rings. The Morgan fingerprint density at radius 1 is 0.853 bits per heavy atom. The van der Waals surface area contributed by atoms with Crippen LogP contribution in [-0.4, -0.2) is 84.7 Å². The maximum Gasteiger partial charge on any atom is 0.423 e. The van der Waals surface area contributed by atoms with Crippen LogP contribution in [0.4, 0.5) is 28.9 Å². The van der Waals surface area contributed by atoms with Crippen molar-refractivity contribution in [2.75, 3.05) is 17.2 Å². The summed E-state index contributed by atoms with van der Waals surface area (Å²) in [4.78, 5) is 60.3. The molecule has 8 heterocycles. The van der Waals surface area contributed by atoms with Gasteiger partial charge in [0.1, 0.15) is 6.10 Å². The quantitative estimate of drug-likeness (QED) is 0.0997. The summed E-state index contributed by atoms with van der Waals surface area (Å²) in [6, 6.07) is 6.02. The smallest absolute Gasteiger partial charge is 0.423 e. The molecular formula is C46H43F4N13O5. The second-order valence-corrected chi connectivity index (χ2v) is 18.8. The number of pyridine rings is 2. The monoisotopic (exact) mass is 933 g/mol. The van der Waals surface area contributed by atoms with Gasteiger partial charge in [0.05, 0.1) is 76.3 Å². The zero-order valence-corrected chi connectivity index (χ0v) is 37.1. The van der Waals surface area contributed by atoms with Crippen LogP contribution in [0.2, 0.25) is 0 Å². The van der Waals surface area contributed by atoms with E-state index in [9.17, 15) is 18.8 Å². The largest absolute Gasteiger partial charge is 0.452 e. The summed E-state index contributed by atoms with van der Waals surface area (Å²) in [6.45, 7) is 6.67. The zero-order chi connectivity index (χ0) is 47.5. The maximum atomic E-state index is 15.4. The predicted molar refractivity (Wildman–Crippen MR) is 231 cm³/mol. The summed E-state index contributed by atoms with van der Waals surface area (Å²) in [6.07, 6.45) is 6.03. The minimum absolute atomic E-state index is 0.0219. The van der Waals surface area contributed by atoms with E-state index in [4.69, 9.17) is 9.47 Å². The van der Waals surface area contributed by atoms with Gasteiger partial charge in [-0.05, 0) is 63.6 Å². The van der Waals surface area contributed by atoms with E-state index in [1.54, 1.807) is 31.3 Å². The highest BCUT2D eigenvalue weighted by atomic mass is 19.4. The average molecular weight is 934 g/mol. The van der Waals surface area contributed by atoms with Gasteiger partial charge in [-0.3, -0.25) is 14.6 Å². The highest BCUT2D eigenvalue weighted by Crippen LogP contribution is 2.58. The maximum absolute atomic E-state index is 15.4. The van der Waals surface area contributed by atoms with Crippen molar-refractivity contribution in [1.29, 1.82) is 0 Å². The van der Waals surface area contributed by atoms with Crippen molar-refractivity contribution in [1.82, 2.24) is 54.2 Å². The van der Waals surface area contributed by atoms with Gasteiger partial charge in [-0.2, -0.15) is 32.9 Å². The number of carbonyl (C=O) groups is 3. The molecule has 2 unspecified atom stereocenters. The molecule has 2 amide bonds. The van der Waals surface area contributed by atoms with E-state index in [-0.39, 0.29) is 52.5 Å². The number of rotatable bonds is 11. The van der Waals surface area contributed by atoms with Crippen molar-refractivity contribution in [3.8, 4) is 5.82 Å². The highest BCUT2D eigenvalue weighted by Gasteiger charge is 2.65. The number of cyclic esters (lactones) is 1. The first-order valence-corrected chi connectivity index (χ1v) is 22.3. The van der Waals surface area contributed by atoms with Crippen molar-refractivity contribution < 1.29 is 41.4 Å². The molecular weight excluding hydrogens is 891 g/mol. The van der Waals surface area contributed by atoms with Gasteiger partial charge in [-0.25, -0.2) is 28.8 Å². The third-order valence-electron chi connectivity index (χ3n) is 14.1. The Morgan fingerprint density at radius 3 is 2.16 bits per heavy atom. The number of halogens is 4. The number of nitrogens with zero attached hydrogens (tertiary/aromatic N) is 11. The number of fused-ring (bicyclic) bond motifs is 8. The molecule has 7 aromatic heterocycles. The normalized spacial score (nSPS) is 21.5. The predicted octanol–water partition coefficient (Wildman–Crippen LogP) is 6.93. The lowest BCUT2D eigenvalue weighted by molar-refractivity contribution is -0.285. The average Bonchev–Trinajstić information content (AvgIpc) is 4.14. The van der Waals surface area contributed by atoms with Gasteiger partial charge in [0.15, 0.2) is 17.1 Å². The lowest BCUT2D eigenvalue weighted by atomic mass is 9.66. The van der Waals surface area contributed by atoms with Crippen LogP contribution in [0.25, 0.3) is 17.1 Å². The number of esters is 1. The van der Waals surface area contributed by atoms with Crippen LogP contribution in [0.5, 0.6) is 0 Å². The number of aromatic nitrogens is 11. The van der Waals surface area contributed by atoms with Gasteiger partial charge < -0.3 is 20.1 Å². The molecule has 3 aliphatic carbocycles. The number of nitrogens with one attached hydrogen (secondary N) is 2. The first-order valence-electron chi connectivity index (χ1n) is 22.3. The molecule has 0 radical (unpaired) electrons. The van der Waals surface area contributed by atoms with Gasteiger partial charge in [-0.15, -0.1) is 9.90 Å². The zero-order valence-electron chi connectivity index (χ0n) is 37.1. The Hall–Kier alpha value is -7.23. The Balaban J connectivity index is 0.820. The Morgan fingerprint density at radius 2 is 1.50 bits per heavy atom. The van der Waals surface area contributed by atoms with Gasteiger partial charge in [0.2, 0.25) is 23.4 Å². The molecule has 0 bridgehead atoms. The van der Waals surface area contributed by atoms with Crippen molar-refractivity contribution in [3.05, 3.63) is 112 Å². The number of ether oxygens (including phenoxy) is 2. The van der Waals surface area contributed by atoms with Gasteiger partial charge in [-0.1, -0.05) is 20.3 Å². The molecule has 1 spiro atoms. The molecule has 1 aliphatic heterocycles. The molecule has 22 heteroatoms. The van der Waals surface area contributed by atoms with E-state index >= 15 is 13.2 Å². The number of amides is 2. The number of anilines is 2. The van der Waals surface area contributed by atoms with Crippen LogP contribution in [-0.2, 0) is 36.5 Å². The van der Waals surface area contributed by atoms with Crippen LogP contribution in [0.15, 0.2) is 61.4 Å². The third-order valence-corrected chi connectivity index (χ3v) is 14.1. The molecule has 1 saturated carbocycles. The topological polar surface area (TPSA) is 211 Å². The van der Waals surface area contributed by atoms with E-state index in [0.29, 0.717) is 52.5 Å². The summed E-state index contributed by atoms with van der Waals surface area (Å²) in [5.41, 5.74) is -0.0657. The fourth-order valence-corrected chi connectivity index (χ4v) is 10.7. The van der Waals surface area contributed by atoms with E-state index in [2.05, 4.69) is 51.0 Å². The number of aryl methyl sites for hydroxylation is 2. The molecule has 1 fully saturated rings. The standard InChI is InChI=1S/C46H43F4N13O5/c1-5-67-45(46(48,49)50)18-29(41(65)57-25-13-23(2)39(54-20-25)63-55-11-12-56-63)31-22-51-33-15-24(59-62(33)37(31)45)7-10-43(3,4)38-35-27(42(66)68-38)14-26(19-53-35)58-40(64)28-17-44(8-6-9-44)36-30(28)21-52-34-16-32(47)60-61(34)36/h11-16,19-22,28-29,38H,5-10,17-18H2,1-4H3,(H,57,65)(H,58,64)/t28?,29-,38?,45+/m1/s1. The van der Waals surface area contributed by atoms with Gasteiger partial charge in [0.25, 0.3) is 0 Å². The van der Waals surface area contributed by atoms with E-state index in [1.165, 1.54) is 53.3 Å². The van der Waals surface area contributed by atoms with Crippen LogP contribution in [0.3, 0.4) is 0 Å². The number of hydrogen-bond acceptors (Lipinski definition) is 13. The van der Waals surface area contributed by atoms with Crippen LogP contribution < -0.4 is 10.6 Å². The fraction of sp³-hybridized carbons (Fsp3) is 0.413. The van der Waals surface area contributed by atoms with Crippen molar-refractivity contribution in [2.45, 2.75) is 108 Å². The molecule has 4 atom stereocenters.